The van der Waals surface area contributed by atoms with Crippen molar-refractivity contribution in [1.82, 2.24) is 10.2 Å². The van der Waals surface area contributed by atoms with Gasteiger partial charge in [-0.3, -0.25) is 9.69 Å². The Balaban J connectivity index is 2.14. The summed E-state index contributed by atoms with van der Waals surface area (Å²) in [7, 11) is 0. The second-order valence-electron chi connectivity index (χ2n) is 5.26. The van der Waals surface area contributed by atoms with E-state index in [4.69, 9.17) is 4.74 Å². The highest BCUT2D eigenvalue weighted by Crippen LogP contribution is 2.11. The van der Waals surface area contributed by atoms with Crippen LogP contribution in [0.2, 0.25) is 0 Å². The molecule has 5 heteroatoms. The quantitative estimate of drug-likeness (QED) is 0.680. The summed E-state index contributed by atoms with van der Waals surface area (Å²) in [6, 6.07) is 0. The summed E-state index contributed by atoms with van der Waals surface area (Å²) in [5, 5.41) is 12.7. The number of morpholine rings is 1. The first-order valence-corrected chi connectivity index (χ1v) is 7.40. The third kappa shape index (κ3) is 6.89. The van der Waals surface area contributed by atoms with E-state index in [0.29, 0.717) is 25.4 Å². The van der Waals surface area contributed by atoms with Crippen molar-refractivity contribution in [2.75, 3.05) is 39.4 Å². The van der Waals surface area contributed by atoms with E-state index in [1.54, 1.807) is 0 Å². The van der Waals surface area contributed by atoms with E-state index in [1.165, 1.54) is 0 Å². The van der Waals surface area contributed by atoms with Crippen LogP contribution in [0.15, 0.2) is 0 Å². The molecule has 0 aromatic heterocycles. The average Bonchev–Trinajstić information content (AvgIpc) is 2.43. The molecular formula is C14H28N2O3. The van der Waals surface area contributed by atoms with Crippen LogP contribution in [0.3, 0.4) is 0 Å². The van der Waals surface area contributed by atoms with Crippen LogP contribution in [-0.4, -0.2) is 61.4 Å². The van der Waals surface area contributed by atoms with Gasteiger partial charge < -0.3 is 15.2 Å². The number of nitrogens with zero attached hydrogens (tertiary/aromatic N) is 1. The lowest BCUT2D eigenvalue weighted by molar-refractivity contribution is -0.122. The van der Waals surface area contributed by atoms with Crippen molar-refractivity contribution in [1.29, 1.82) is 0 Å². The fourth-order valence-electron chi connectivity index (χ4n) is 2.29. The van der Waals surface area contributed by atoms with Crippen LogP contribution in [0, 0.1) is 5.92 Å². The van der Waals surface area contributed by atoms with Gasteiger partial charge in [0.1, 0.15) is 0 Å². The molecular weight excluding hydrogens is 244 g/mol. The fourth-order valence-corrected chi connectivity index (χ4v) is 2.29. The van der Waals surface area contributed by atoms with Crippen molar-refractivity contribution in [2.45, 2.75) is 39.2 Å². The van der Waals surface area contributed by atoms with Crippen LogP contribution in [-0.2, 0) is 9.53 Å². The summed E-state index contributed by atoms with van der Waals surface area (Å²) in [5.74, 6) is 0.506. The maximum absolute atomic E-state index is 11.7. The molecule has 1 atom stereocenters. The zero-order chi connectivity index (χ0) is 14.1. The minimum absolute atomic E-state index is 0.0507. The Labute approximate surface area is 116 Å². The molecule has 0 radical (unpaired) electrons. The molecule has 1 amide bonds. The van der Waals surface area contributed by atoms with Crippen molar-refractivity contribution in [3.8, 4) is 0 Å². The van der Waals surface area contributed by atoms with Gasteiger partial charge in [0.2, 0.25) is 5.91 Å². The van der Waals surface area contributed by atoms with Crippen LogP contribution >= 0.6 is 0 Å². The van der Waals surface area contributed by atoms with Gasteiger partial charge in [-0.2, -0.15) is 0 Å². The van der Waals surface area contributed by atoms with Gasteiger partial charge in [-0.15, -0.1) is 0 Å². The van der Waals surface area contributed by atoms with E-state index in [2.05, 4.69) is 24.1 Å². The van der Waals surface area contributed by atoms with Gasteiger partial charge in [-0.25, -0.2) is 0 Å². The molecule has 1 unspecified atom stereocenters. The minimum Gasteiger partial charge on any atom is -0.390 e. The molecule has 0 aromatic carbocycles. The summed E-state index contributed by atoms with van der Waals surface area (Å²) < 4.78 is 5.25. The van der Waals surface area contributed by atoms with Crippen molar-refractivity contribution in [3.05, 3.63) is 0 Å². The Kier molecular flexibility index (Phi) is 8.02. The third-order valence-electron chi connectivity index (χ3n) is 3.74. The highest BCUT2D eigenvalue weighted by Gasteiger charge is 2.16. The first kappa shape index (κ1) is 16.4. The Morgan fingerprint density at radius 3 is 2.53 bits per heavy atom. The van der Waals surface area contributed by atoms with Gasteiger partial charge in [0.15, 0.2) is 0 Å². The van der Waals surface area contributed by atoms with Gasteiger partial charge in [0.05, 0.1) is 19.3 Å². The normalized spacial score (nSPS) is 18.5. The maximum atomic E-state index is 11.7. The zero-order valence-electron chi connectivity index (χ0n) is 12.2. The molecule has 2 N–H and O–H groups in total. The molecule has 5 nitrogen and oxygen atoms in total. The summed E-state index contributed by atoms with van der Waals surface area (Å²) in [4.78, 5) is 13.9. The van der Waals surface area contributed by atoms with Gasteiger partial charge in [0.25, 0.3) is 0 Å². The molecule has 1 aliphatic rings. The van der Waals surface area contributed by atoms with Gasteiger partial charge >= 0.3 is 0 Å². The SMILES string of the molecule is CCC(CC)CC(=O)NCC(O)CN1CCOCC1. The lowest BCUT2D eigenvalue weighted by Crippen LogP contribution is -2.44. The summed E-state index contributed by atoms with van der Waals surface area (Å²) in [6.07, 6.45) is 2.13. The predicted octanol–water partition coefficient (Wildman–Crippen LogP) is 0.622. The molecule has 19 heavy (non-hydrogen) atoms. The van der Waals surface area contributed by atoms with Crippen LogP contribution in [0.4, 0.5) is 0 Å². The first-order valence-electron chi connectivity index (χ1n) is 7.40. The van der Waals surface area contributed by atoms with E-state index in [0.717, 1.165) is 39.1 Å². The number of aliphatic hydroxyl groups is 1. The van der Waals surface area contributed by atoms with Crippen molar-refractivity contribution >= 4 is 5.91 Å². The monoisotopic (exact) mass is 272 g/mol. The van der Waals surface area contributed by atoms with Crippen molar-refractivity contribution in [2.24, 2.45) is 5.92 Å². The predicted molar refractivity (Wildman–Crippen MR) is 75.0 cm³/mol. The number of hydrogen-bond donors (Lipinski definition) is 2. The molecule has 0 saturated carbocycles. The molecule has 0 aromatic rings. The Bertz CT molecular complexity index is 251. The van der Waals surface area contributed by atoms with Gasteiger partial charge in [-0.1, -0.05) is 26.7 Å². The lowest BCUT2D eigenvalue weighted by atomic mass is 9.99. The van der Waals surface area contributed by atoms with Crippen LogP contribution in [0.25, 0.3) is 0 Å². The number of hydrogen-bond acceptors (Lipinski definition) is 4. The first-order chi connectivity index (χ1) is 9.15. The number of nitrogens with one attached hydrogen (secondary N) is 1. The number of carbonyl (C=O) groups excluding carboxylic acids is 1. The number of amides is 1. The maximum Gasteiger partial charge on any atom is 0.220 e. The highest BCUT2D eigenvalue weighted by molar-refractivity contribution is 5.76. The highest BCUT2D eigenvalue weighted by atomic mass is 16.5. The summed E-state index contributed by atoms with van der Waals surface area (Å²) in [5.41, 5.74) is 0. The van der Waals surface area contributed by atoms with Crippen molar-refractivity contribution in [3.63, 3.8) is 0 Å². The number of rotatable bonds is 8. The molecule has 1 heterocycles. The Morgan fingerprint density at radius 2 is 1.95 bits per heavy atom. The average molecular weight is 272 g/mol. The topological polar surface area (TPSA) is 61.8 Å². The van der Waals surface area contributed by atoms with Crippen molar-refractivity contribution < 1.29 is 14.6 Å². The Hall–Kier alpha value is -0.650. The van der Waals surface area contributed by atoms with Gasteiger partial charge in [0, 0.05) is 32.6 Å². The standard InChI is InChI=1S/C14H28N2O3/c1-3-12(4-2)9-14(18)15-10-13(17)11-16-5-7-19-8-6-16/h12-13,17H,3-11H2,1-2H3,(H,15,18). The van der Waals surface area contributed by atoms with Crippen LogP contribution in [0.5, 0.6) is 0 Å². The summed E-state index contributed by atoms with van der Waals surface area (Å²) >= 11 is 0. The largest absolute Gasteiger partial charge is 0.390 e. The third-order valence-corrected chi connectivity index (χ3v) is 3.74. The van der Waals surface area contributed by atoms with Gasteiger partial charge in [-0.05, 0) is 5.92 Å². The van der Waals surface area contributed by atoms with E-state index in [9.17, 15) is 9.90 Å². The minimum atomic E-state index is -0.497. The molecule has 1 saturated heterocycles. The molecule has 1 fully saturated rings. The molecule has 0 spiro atoms. The van der Waals surface area contributed by atoms with E-state index in [-0.39, 0.29) is 5.91 Å². The Morgan fingerprint density at radius 1 is 1.32 bits per heavy atom. The molecule has 112 valence electrons. The molecule has 0 bridgehead atoms. The summed E-state index contributed by atoms with van der Waals surface area (Å²) in [6.45, 7) is 8.34. The van der Waals surface area contributed by atoms with E-state index in [1.807, 2.05) is 0 Å². The zero-order valence-corrected chi connectivity index (χ0v) is 12.2. The number of carbonyl (C=O) groups is 1. The fraction of sp³-hybridized carbons (Fsp3) is 0.929. The molecule has 1 aliphatic heterocycles. The lowest BCUT2D eigenvalue weighted by Gasteiger charge is -2.28. The number of β-amino-alcohol motifs (C(OH)–C–C–N with tert-alkyl or cyclic N) is 1. The molecule has 0 aliphatic carbocycles. The molecule has 1 rings (SSSR count). The van der Waals surface area contributed by atoms with E-state index >= 15 is 0 Å². The number of ether oxygens (including phenoxy) is 1. The second kappa shape index (κ2) is 9.28. The second-order valence-corrected chi connectivity index (χ2v) is 5.26. The van der Waals surface area contributed by atoms with Crippen LogP contribution < -0.4 is 5.32 Å². The number of aliphatic hydroxyl groups excluding tert-OH is 1. The van der Waals surface area contributed by atoms with Crippen LogP contribution in [0.1, 0.15) is 33.1 Å². The van der Waals surface area contributed by atoms with E-state index < -0.39 is 6.10 Å². The smallest absolute Gasteiger partial charge is 0.220 e.